The van der Waals surface area contributed by atoms with Gasteiger partial charge in [0.1, 0.15) is 23.0 Å². The van der Waals surface area contributed by atoms with Crippen molar-refractivity contribution < 1.29 is 9.47 Å². The van der Waals surface area contributed by atoms with Crippen LogP contribution in [0.4, 0.5) is 0 Å². The molecular formula is C10H9ClN2O2. The van der Waals surface area contributed by atoms with Crippen LogP contribution in [0, 0.1) is 0 Å². The molecule has 0 amide bonds. The molecule has 1 aromatic heterocycles. The quantitative estimate of drug-likeness (QED) is 0.735. The first kappa shape index (κ1) is 9.98. The van der Waals surface area contributed by atoms with Crippen LogP contribution in [0.1, 0.15) is 0 Å². The van der Waals surface area contributed by atoms with Gasteiger partial charge in [0, 0.05) is 12.1 Å². The molecule has 0 atom stereocenters. The summed E-state index contributed by atoms with van der Waals surface area (Å²) < 4.78 is 10.3. The van der Waals surface area contributed by atoms with Crippen LogP contribution >= 0.6 is 11.6 Å². The van der Waals surface area contributed by atoms with Crippen LogP contribution in [0.15, 0.2) is 18.5 Å². The zero-order chi connectivity index (χ0) is 10.8. The summed E-state index contributed by atoms with van der Waals surface area (Å²) in [5, 5.41) is 1.07. The van der Waals surface area contributed by atoms with Gasteiger partial charge in [-0.25, -0.2) is 9.97 Å². The van der Waals surface area contributed by atoms with E-state index >= 15 is 0 Å². The number of rotatable bonds is 2. The Morgan fingerprint density at radius 2 is 1.93 bits per heavy atom. The van der Waals surface area contributed by atoms with Gasteiger partial charge in [-0.1, -0.05) is 11.6 Å². The van der Waals surface area contributed by atoms with Gasteiger partial charge in [-0.05, 0) is 0 Å². The second-order valence-electron chi connectivity index (χ2n) is 2.89. The van der Waals surface area contributed by atoms with Gasteiger partial charge >= 0.3 is 0 Å². The molecule has 0 fully saturated rings. The van der Waals surface area contributed by atoms with Gasteiger partial charge in [0.25, 0.3) is 0 Å². The molecule has 0 aliphatic carbocycles. The summed E-state index contributed by atoms with van der Waals surface area (Å²) in [6.45, 7) is 0. The lowest BCUT2D eigenvalue weighted by molar-refractivity contribution is 0.397. The summed E-state index contributed by atoms with van der Waals surface area (Å²) >= 11 is 5.96. The van der Waals surface area contributed by atoms with Gasteiger partial charge in [0.15, 0.2) is 0 Å². The van der Waals surface area contributed by atoms with Crippen LogP contribution in [-0.4, -0.2) is 24.2 Å². The lowest BCUT2D eigenvalue weighted by Crippen LogP contribution is -1.92. The van der Waals surface area contributed by atoms with Crippen molar-refractivity contribution in [2.45, 2.75) is 0 Å². The molecule has 78 valence electrons. The van der Waals surface area contributed by atoms with E-state index in [0.717, 1.165) is 0 Å². The summed E-state index contributed by atoms with van der Waals surface area (Å²) in [5.41, 5.74) is 0.700. The fraction of sp³-hybridized carbons (Fsp3) is 0.200. The highest BCUT2D eigenvalue weighted by molar-refractivity contribution is 6.34. The zero-order valence-corrected chi connectivity index (χ0v) is 9.08. The van der Waals surface area contributed by atoms with Crippen molar-refractivity contribution in [3.63, 3.8) is 0 Å². The van der Waals surface area contributed by atoms with Gasteiger partial charge in [-0.3, -0.25) is 0 Å². The Balaban J connectivity index is 2.81. The molecule has 2 aromatic rings. The molecule has 0 radical (unpaired) electrons. The minimum Gasteiger partial charge on any atom is -0.497 e. The summed E-state index contributed by atoms with van der Waals surface area (Å²) in [5.74, 6) is 1.28. The topological polar surface area (TPSA) is 44.2 Å². The number of nitrogens with zero attached hydrogens (tertiary/aromatic N) is 2. The lowest BCUT2D eigenvalue weighted by Gasteiger charge is -2.08. The molecule has 1 aromatic carbocycles. The smallest absolute Gasteiger partial charge is 0.144 e. The fourth-order valence-corrected chi connectivity index (χ4v) is 1.60. The molecule has 0 spiro atoms. The Hall–Kier alpha value is -1.55. The number of aromatic nitrogens is 2. The molecule has 0 unspecified atom stereocenters. The van der Waals surface area contributed by atoms with E-state index in [4.69, 9.17) is 21.1 Å². The minimum absolute atomic E-state index is 0.375. The molecule has 2 rings (SSSR count). The van der Waals surface area contributed by atoms with Crippen molar-refractivity contribution in [2.24, 2.45) is 0 Å². The van der Waals surface area contributed by atoms with Gasteiger partial charge in [0.05, 0.1) is 25.1 Å². The molecule has 5 heteroatoms. The number of halogens is 1. The SMILES string of the molecule is COc1cc(OC)c2c(Cl)ncnc2c1. The first-order chi connectivity index (χ1) is 7.26. The Morgan fingerprint density at radius 3 is 2.60 bits per heavy atom. The third kappa shape index (κ3) is 1.68. The molecule has 0 saturated heterocycles. The van der Waals surface area contributed by atoms with Crippen molar-refractivity contribution in [3.8, 4) is 11.5 Å². The number of fused-ring (bicyclic) bond motifs is 1. The molecule has 4 nitrogen and oxygen atoms in total. The van der Waals surface area contributed by atoms with E-state index in [2.05, 4.69) is 9.97 Å². The Bertz CT molecular complexity index is 502. The van der Waals surface area contributed by atoms with Gasteiger partial charge in [0.2, 0.25) is 0 Å². The summed E-state index contributed by atoms with van der Waals surface area (Å²) in [7, 11) is 3.15. The normalized spacial score (nSPS) is 10.3. The lowest BCUT2D eigenvalue weighted by atomic mass is 10.2. The van der Waals surface area contributed by atoms with Crippen molar-refractivity contribution >= 4 is 22.5 Å². The van der Waals surface area contributed by atoms with E-state index in [1.807, 2.05) is 0 Å². The zero-order valence-electron chi connectivity index (χ0n) is 8.32. The number of hydrogen-bond acceptors (Lipinski definition) is 4. The fourth-order valence-electron chi connectivity index (χ4n) is 1.37. The van der Waals surface area contributed by atoms with Crippen molar-refractivity contribution in [1.29, 1.82) is 0 Å². The van der Waals surface area contributed by atoms with E-state index < -0.39 is 0 Å². The summed E-state index contributed by atoms with van der Waals surface area (Å²) in [6, 6.07) is 3.53. The summed E-state index contributed by atoms with van der Waals surface area (Å²) in [4.78, 5) is 8.01. The summed E-state index contributed by atoms with van der Waals surface area (Å²) in [6.07, 6.45) is 1.41. The largest absolute Gasteiger partial charge is 0.497 e. The Morgan fingerprint density at radius 1 is 1.13 bits per heavy atom. The number of ether oxygens (including phenoxy) is 2. The number of benzene rings is 1. The van der Waals surface area contributed by atoms with Gasteiger partial charge < -0.3 is 9.47 Å². The van der Waals surface area contributed by atoms with E-state index in [1.165, 1.54) is 6.33 Å². The number of methoxy groups -OCH3 is 2. The predicted octanol–water partition coefficient (Wildman–Crippen LogP) is 2.30. The molecule has 0 aliphatic rings. The molecular weight excluding hydrogens is 216 g/mol. The second-order valence-corrected chi connectivity index (χ2v) is 3.25. The van der Waals surface area contributed by atoms with Crippen LogP contribution in [-0.2, 0) is 0 Å². The maximum Gasteiger partial charge on any atom is 0.144 e. The molecule has 0 aliphatic heterocycles. The monoisotopic (exact) mass is 224 g/mol. The first-order valence-electron chi connectivity index (χ1n) is 4.28. The van der Waals surface area contributed by atoms with Crippen molar-refractivity contribution in [3.05, 3.63) is 23.6 Å². The third-order valence-electron chi connectivity index (χ3n) is 2.08. The maximum absolute atomic E-state index is 5.96. The average Bonchev–Trinajstić information content (AvgIpc) is 2.27. The highest BCUT2D eigenvalue weighted by Crippen LogP contribution is 2.33. The maximum atomic E-state index is 5.96. The van der Waals surface area contributed by atoms with Crippen LogP contribution in [0.3, 0.4) is 0 Å². The predicted molar refractivity (Wildman–Crippen MR) is 57.7 cm³/mol. The highest BCUT2D eigenvalue weighted by Gasteiger charge is 2.10. The van der Waals surface area contributed by atoms with E-state index in [-0.39, 0.29) is 0 Å². The third-order valence-corrected chi connectivity index (χ3v) is 2.37. The minimum atomic E-state index is 0.375. The van der Waals surface area contributed by atoms with Crippen LogP contribution < -0.4 is 9.47 Å². The van der Waals surface area contributed by atoms with Crippen LogP contribution in [0.5, 0.6) is 11.5 Å². The molecule has 1 heterocycles. The Labute approximate surface area is 91.8 Å². The molecule has 0 bridgehead atoms. The van der Waals surface area contributed by atoms with Crippen LogP contribution in [0.2, 0.25) is 5.15 Å². The number of hydrogen-bond donors (Lipinski definition) is 0. The van der Waals surface area contributed by atoms with Gasteiger partial charge in [-0.15, -0.1) is 0 Å². The van der Waals surface area contributed by atoms with E-state index in [9.17, 15) is 0 Å². The van der Waals surface area contributed by atoms with Gasteiger partial charge in [-0.2, -0.15) is 0 Å². The first-order valence-corrected chi connectivity index (χ1v) is 4.66. The molecule has 0 saturated carbocycles. The van der Waals surface area contributed by atoms with Crippen LogP contribution in [0.25, 0.3) is 10.9 Å². The van der Waals surface area contributed by atoms with E-state index in [1.54, 1.807) is 26.4 Å². The highest BCUT2D eigenvalue weighted by atomic mass is 35.5. The molecule has 0 N–H and O–H groups in total. The second kappa shape index (κ2) is 3.90. The molecule has 15 heavy (non-hydrogen) atoms. The van der Waals surface area contributed by atoms with Crippen molar-refractivity contribution in [2.75, 3.05) is 14.2 Å². The average molecular weight is 225 g/mol. The van der Waals surface area contributed by atoms with E-state index in [0.29, 0.717) is 27.6 Å². The standard InChI is InChI=1S/C10H9ClN2O2/c1-14-6-3-7-9(8(4-6)15-2)10(11)13-5-12-7/h3-5H,1-2H3. The van der Waals surface area contributed by atoms with Crippen molar-refractivity contribution in [1.82, 2.24) is 9.97 Å². The Kier molecular flexibility index (Phi) is 2.60.